The molecule has 0 radical (unpaired) electrons. The highest BCUT2D eigenvalue weighted by atomic mass is 19.1. The van der Waals surface area contributed by atoms with Gasteiger partial charge in [0.15, 0.2) is 0 Å². The largest absolute Gasteiger partial charge is 0.387 e. The minimum Gasteiger partial charge on any atom is -0.387 e. The van der Waals surface area contributed by atoms with Crippen molar-refractivity contribution in [2.75, 3.05) is 6.61 Å². The van der Waals surface area contributed by atoms with Gasteiger partial charge in [-0.1, -0.05) is 48.5 Å². The summed E-state index contributed by atoms with van der Waals surface area (Å²) in [4.78, 5) is 13.2. The van der Waals surface area contributed by atoms with E-state index in [4.69, 9.17) is 4.74 Å². The number of hydrogen-bond donors (Lipinski definition) is 2. The van der Waals surface area contributed by atoms with Crippen molar-refractivity contribution in [3.8, 4) is 17.2 Å². The molecule has 33 heavy (non-hydrogen) atoms. The first-order valence-corrected chi connectivity index (χ1v) is 10.8. The summed E-state index contributed by atoms with van der Waals surface area (Å²) in [6, 6.07) is 21.3. The van der Waals surface area contributed by atoms with Gasteiger partial charge in [-0.3, -0.25) is 4.79 Å². The van der Waals surface area contributed by atoms with Crippen molar-refractivity contribution >= 4 is 5.91 Å². The number of ether oxygens (including phenoxy) is 1. The maximum atomic E-state index is 14.3. The normalized spacial score (nSPS) is 21.5. The van der Waals surface area contributed by atoms with E-state index >= 15 is 0 Å². The third-order valence-electron chi connectivity index (χ3n) is 6.05. The molecule has 0 aromatic heterocycles. The van der Waals surface area contributed by atoms with Gasteiger partial charge in [0.2, 0.25) is 0 Å². The van der Waals surface area contributed by atoms with Crippen LogP contribution in [0.3, 0.4) is 0 Å². The smallest absolute Gasteiger partial charge is 0.251 e. The molecule has 3 atom stereocenters. The average Bonchev–Trinajstić information content (AvgIpc) is 2.91. The molecule has 0 unspecified atom stereocenters. The Morgan fingerprint density at radius 1 is 1.09 bits per heavy atom. The number of carbonyl (C=O) groups is 1. The van der Waals surface area contributed by atoms with Crippen molar-refractivity contribution in [3.63, 3.8) is 0 Å². The van der Waals surface area contributed by atoms with Crippen molar-refractivity contribution in [2.24, 2.45) is 5.41 Å². The third-order valence-corrected chi connectivity index (χ3v) is 6.05. The maximum Gasteiger partial charge on any atom is 0.251 e. The molecule has 6 heteroatoms. The summed E-state index contributed by atoms with van der Waals surface area (Å²) in [6.07, 6.45) is -1.55. The second-order valence-electron chi connectivity index (χ2n) is 8.51. The molecule has 0 saturated heterocycles. The van der Waals surface area contributed by atoms with Crippen LogP contribution in [0.2, 0.25) is 0 Å². The third kappa shape index (κ3) is 4.13. The summed E-state index contributed by atoms with van der Waals surface area (Å²) < 4.78 is 20.1. The number of halogens is 1. The van der Waals surface area contributed by atoms with E-state index in [-0.39, 0.29) is 18.6 Å². The van der Waals surface area contributed by atoms with E-state index in [2.05, 4.69) is 11.4 Å². The van der Waals surface area contributed by atoms with Crippen LogP contribution in [0, 0.1) is 22.6 Å². The second kappa shape index (κ2) is 9.14. The van der Waals surface area contributed by atoms with E-state index in [1.807, 2.05) is 19.9 Å². The van der Waals surface area contributed by atoms with E-state index in [1.54, 1.807) is 48.5 Å². The van der Waals surface area contributed by atoms with Crippen LogP contribution in [0.25, 0.3) is 11.1 Å². The lowest BCUT2D eigenvalue weighted by Crippen LogP contribution is -2.46. The van der Waals surface area contributed by atoms with Gasteiger partial charge in [0, 0.05) is 5.56 Å². The van der Waals surface area contributed by atoms with Gasteiger partial charge in [0.05, 0.1) is 24.8 Å². The zero-order chi connectivity index (χ0) is 23.6. The second-order valence-corrected chi connectivity index (χ2v) is 8.51. The molecule has 0 saturated carbocycles. The van der Waals surface area contributed by atoms with Crippen LogP contribution >= 0.6 is 0 Å². The minimum atomic E-state index is -1.56. The Hall–Kier alpha value is -3.53. The fraction of sp³-hybridized carbons (Fsp3) is 0.259. The van der Waals surface area contributed by atoms with E-state index < -0.39 is 23.4 Å². The summed E-state index contributed by atoms with van der Waals surface area (Å²) in [5.41, 5.74) is 1.01. The summed E-state index contributed by atoms with van der Waals surface area (Å²) >= 11 is 0. The van der Waals surface area contributed by atoms with Crippen LogP contribution in [0.15, 0.2) is 72.8 Å². The van der Waals surface area contributed by atoms with Gasteiger partial charge in [0.25, 0.3) is 5.91 Å². The number of benzene rings is 3. The Kier molecular flexibility index (Phi) is 6.28. The number of rotatable bonds is 5. The molecule has 4 rings (SSSR count). The number of fused-ring (bicyclic) bond motifs is 3. The molecule has 0 spiro atoms. The number of hydrogen-bond acceptors (Lipinski definition) is 4. The Bertz CT molecular complexity index is 1210. The SMILES string of the molecule is CC(C)OC[C@@]1(C#N)[C@H](O)c2ccc(F)cc2-c2ccccc2[C@H]1NC(=O)c1ccccc1. The molecule has 1 aliphatic rings. The topological polar surface area (TPSA) is 82.3 Å². The maximum absolute atomic E-state index is 14.3. The van der Waals surface area contributed by atoms with Crippen LogP contribution in [0.1, 0.15) is 47.5 Å². The zero-order valence-electron chi connectivity index (χ0n) is 18.5. The van der Waals surface area contributed by atoms with E-state index in [9.17, 15) is 19.6 Å². The molecule has 3 aromatic rings. The lowest BCUT2D eigenvalue weighted by atomic mass is 9.73. The lowest BCUT2D eigenvalue weighted by molar-refractivity contribution is -0.0501. The van der Waals surface area contributed by atoms with Crippen LogP contribution in [0.5, 0.6) is 0 Å². The highest BCUT2D eigenvalue weighted by molar-refractivity contribution is 5.94. The number of carbonyl (C=O) groups excluding carboxylic acids is 1. The van der Waals surface area contributed by atoms with Crippen molar-refractivity contribution in [2.45, 2.75) is 32.1 Å². The first kappa shape index (κ1) is 22.7. The number of nitriles is 1. The molecular weight excluding hydrogens is 419 g/mol. The number of aliphatic hydroxyl groups is 1. The quantitative estimate of drug-likeness (QED) is 0.584. The summed E-state index contributed by atoms with van der Waals surface area (Å²) in [6.45, 7) is 3.54. The van der Waals surface area contributed by atoms with E-state index in [1.165, 1.54) is 18.2 Å². The molecule has 0 aliphatic heterocycles. The van der Waals surface area contributed by atoms with Gasteiger partial charge >= 0.3 is 0 Å². The fourth-order valence-electron chi connectivity index (χ4n) is 4.34. The zero-order valence-corrected chi connectivity index (χ0v) is 18.5. The molecule has 0 heterocycles. The summed E-state index contributed by atoms with van der Waals surface area (Å²) in [5.74, 6) is -0.840. The molecule has 168 valence electrons. The molecule has 2 N–H and O–H groups in total. The summed E-state index contributed by atoms with van der Waals surface area (Å²) in [5, 5.41) is 25.1. The van der Waals surface area contributed by atoms with E-state index in [0.717, 1.165) is 0 Å². The molecule has 3 aromatic carbocycles. The van der Waals surface area contributed by atoms with Gasteiger partial charge in [-0.25, -0.2) is 4.39 Å². The van der Waals surface area contributed by atoms with Gasteiger partial charge in [-0.05, 0) is 60.4 Å². The molecule has 5 nitrogen and oxygen atoms in total. The standard InChI is InChI=1S/C27H25FN2O3/c1-17(2)33-16-27(15-29)24(30-26(32)18-8-4-3-5-9-18)21-11-7-6-10-20(21)23-14-19(28)12-13-22(23)25(27)31/h3-14,17,24-25,31H,16H2,1-2H3,(H,30,32)/t24-,25-,27-/m1/s1. The van der Waals surface area contributed by atoms with Crippen molar-refractivity contribution in [1.29, 1.82) is 5.26 Å². The number of amides is 1. The highest BCUT2D eigenvalue weighted by Crippen LogP contribution is 2.52. The Morgan fingerprint density at radius 2 is 1.79 bits per heavy atom. The van der Waals surface area contributed by atoms with Gasteiger partial charge in [0.1, 0.15) is 17.3 Å². The van der Waals surface area contributed by atoms with Crippen molar-refractivity contribution < 1.29 is 19.0 Å². The van der Waals surface area contributed by atoms with Gasteiger partial charge in [-0.2, -0.15) is 5.26 Å². The summed E-state index contributed by atoms with van der Waals surface area (Å²) in [7, 11) is 0. The molecule has 0 bridgehead atoms. The average molecular weight is 445 g/mol. The van der Waals surface area contributed by atoms with Crippen molar-refractivity contribution in [3.05, 3.63) is 95.3 Å². The Labute approximate surface area is 192 Å². The molecule has 1 aliphatic carbocycles. The van der Waals surface area contributed by atoms with Gasteiger partial charge < -0.3 is 15.2 Å². The highest BCUT2D eigenvalue weighted by Gasteiger charge is 2.51. The van der Waals surface area contributed by atoms with Crippen molar-refractivity contribution in [1.82, 2.24) is 5.32 Å². The first-order chi connectivity index (χ1) is 15.9. The predicted molar refractivity (Wildman–Crippen MR) is 123 cm³/mol. The van der Waals surface area contributed by atoms with Crippen LogP contribution in [-0.2, 0) is 4.74 Å². The monoisotopic (exact) mass is 444 g/mol. The Morgan fingerprint density at radius 3 is 2.48 bits per heavy atom. The van der Waals surface area contributed by atoms with Crippen LogP contribution in [-0.4, -0.2) is 23.7 Å². The molecular formula is C27H25FN2O3. The van der Waals surface area contributed by atoms with Crippen LogP contribution < -0.4 is 5.32 Å². The number of aliphatic hydroxyl groups excluding tert-OH is 1. The predicted octanol–water partition coefficient (Wildman–Crippen LogP) is 4.95. The first-order valence-electron chi connectivity index (χ1n) is 10.8. The minimum absolute atomic E-state index is 0.132. The van der Waals surface area contributed by atoms with Crippen LogP contribution in [0.4, 0.5) is 4.39 Å². The molecule has 1 amide bonds. The fourth-order valence-corrected chi connectivity index (χ4v) is 4.34. The van der Waals surface area contributed by atoms with Gasteiger partial charge in [-0.15, -0.1) is 0 Å². The van der Waals surface area contributed by atoms with E-state index in [0.29, 0.717) is 27.8 Å². The lowest BCUT2D eigenvalue weighted by Gasteiger charge is -2.38. The molecule has 0 fully saturated rings. The Balaban J connectivity index is 1.94. The number of nitrogens with zero attached hydrogens (tertiary/aromatic N) is 1. The number of nitrogens with one attached hydrogen (secondary N) is 1.